The maximum atomic E-state index is 14.1. The number of halogens is 5. The van der Waals surface area contributed by atoms with Gasteiger partial charge >= 0.3 is 0 Å². The van der Waals surface area contributed by atoms with Crippen molar-refractivity contribution in [1.29, 1.82) is 0 Å². The number of methoxy groups -OCH3 is 1. The second kappa shape index (κ2) is 11.5. The monoisotopic (exact) mass is 638 g/mol. The van der Waals surface area contributed by atoms with Crippen molar-refractivity contribution in [1.82, 2.24) is 19.3 Å². The number of alkyl halides is 2. The van der Waals surface area contributed by atoms with E-state index in [0.29, 0.717) is 11.8 Å². The SMILES string of the molecule is COc1ccc2c(=O)n(-c3ccc(Cl)c4c(NS(C)(=O)=O)nn(CC(F)F)c34)c([C@@H](N)Cc3cc(F)cc(F)c3)nc2c1. The van der Waals surface area contributed by atoms with Crippen LogP contribution in [0.15, 0.2) is 53.3 Å². The van der Waals surface area contributed by atoms with Gasteiger partial charge in [-0.1, -0.05) is 11.6 Å². The van der Waals surface area contributed by atoms with Gasteiger partial charge in [0.1, 0.15) is 29.8 Å². The molecule has 0 aliphatic carbocycles. The highest BCUT2D eigenvalue weighted by atomic mass is 35.5. The highest BCUT2D eigenvalue weighted by Crippen LogP contribution is 2.36. The quantitative estimate of drug-likeness (QED) is 0.226. The summed E-state index contributed by atoms with van der Waals surface area (Å²) in [6.07, 6.45) is -2.25. The fourth-order valence-electron chi connectivity index (χ4n) is 4.82. The van der Waals surface area contributed by atoms with E-state index in [1.165, 1.54) is 37.4 Å². The highest BCUT2D eigenvalue weighted by molar-refractivity contribution is 7.92. The molecule has 0 fully saturated rings. The molecule has 0 radical (unpaired) electrons. The van der Waals surface area contributed by atoms with Crippen molar-refractivity contribution in [3.05, 3.63) is 86.9 Å². The zero-order valence-corrected chi connectivity index (χ0v) is 24.1. The molecule has 0 amide bonds. The maximum Gasteiger partial charge on any atom is 0.266 e. The fourth-order valence-corrected chi connectivity index (χ4v) is 5.55. The Morgan fingerprint density at radius 1 is 1.09 bits per heavy atom. The number of rotatable bonds is 9. The van der Waals surface area contributed by atoms with Crippen LogP contribution in [-0.4, -0.2) is 47.5 Å². The van der Waals surface area contributed by atoms with Crippen LogP contribution in [0.5, 0.6) is 5.75 Å². The molecule has 5 aromatic rings. The molecule has 0 bridgehead atoms. The number of fused-ring (bicyclic) bond motifs is 2. The summed E-state index contributed by atoms with van der Waals surface area (Å²) in [6, 6.07) is 8.87. The zero-order valence-electron chi connectivity index (χ0n) is 22.5. The maximum absolute atomic E-state index is 14.1. The molecule has 0 unspecified atom stereocenters. The first-order valence-electron chi connectivity index (χ1n) is 12.5. The van der Waals surface area contributed by atoms with Crippen LogP contribution in [0.2, 0.25) is 5.02 Å². The third kappa shape index (κ3) is 6.14. The largest absolute Gasteiger partial charge is 0.497 e. The molecule has 226 valence electrons. The van der Waals surface area contributed by atoms with Gasteiger partial charge in [-0.25, -0.2) is 31.0 Å². The predicted molar refractivity (Wildman–Crippen MR) is 154 cm³/mol. The molecule has 2 heterocycles. The van der Waals surface area contributed by atoms with E-state index in [1.807, 2.05) is 0 Å². The van der Waals surface area contributed by atoms with Crippen molar-refractivity contribution in [3.8, 4) is 11.4 Å². The molecule has 3 aromatic carbocycles. The van der Waals surface area contributed by atoms with Gasteiger partial charge < -0.3 is 10.5 Å². The first-order chi connectivity index (χ1) is 20.3. The van der Waals surface area contributed by atoms with Crippen molar-refractivity contribution in [2.24, 2.45) is 5.73 Å². The lowest BCUT2D eigenvalue weighted by molar-refractivity contribution is 0.123. The Morgan fingerprint density at radius 3 is 2.42 bits per heavy atom. The average molecular weight is 639 g/mol. The summed E-state index contributed by atoms with van der Waals surface area (Å²) >= 11 is 6.42. The molecule has 5 rings (SSSR count). The first kappa shape index (κ1) is 30.3. The van der Waals surface area contributed by atoms with Crippen molar-refractivity contribution < 1.29 is 30.7 Å². The van der Waals surface area contributed by atoms with Gasteiger partial charge in [0.05, 0.1) is 51.9 Å². The van der Waals surface area contributed by atoms with Crippen molar-refractivity contribution in [2.45, 2.75) is 25.4 Å². The minimum absolute atomic E-state index is 0.0415. The van der Waals surface area contributed by atoms with Gasteiger partial charge in [-0.15, -0.1) is 0 Å². The lowest BCUT2D eigenvalue weighted by atomic mass is 10.0. The van der Waals surface area contributed by atoms with Gasteiger partial charge in [0.15, 0.2) is 5.82 Å². The van der Waals surface area contributed by atoms with Crippen LogP contribution in [0.1, 0.15) is 17.4 Å². The van der Waals surface area contributed by atoms with E-state index in [2.05, 4.69) is 14.8 Å². The lowest BCUT2D eigenvalue weighted by Gasteiger charge is -2.20. The number of aromatic nitrogens is 4. The Balaban J connectivity index is 1.85. The van der Waals surface area contributed by atoms with E-state index >= 15 is 0 Å². The molecule has 10 nitrogen and oxygen atoms in total. The Labute approximate surface area is 246 Å². The summed E-state index contributed by atoms with van der Waals surface area (Å²) in [5.74, 6) is -1.72. The highest BCUT2D eigenvalue weighted by Gasteiger charge is 2.26. The minimum Gasteiger partial charge on any atom is -0.497 e. The molecule has 16 heteroatoms. The molecule has 0 spiro atoms. The standard InChI is InChI=1S/C27H23ClF4N6O4S/c1-42-16-3-4-17-20(11-16)34-26(19(33)9-13-7-14(29)10-15(30)8-13)38(27(17)39)21-6-5-18(28)23-24(21)37(12-22(31)32)35-25(23)36-43(2,40)41/h3-8,10-11,19,22H,9,12,33H2,1-2H3,(H,35,36)/t19-/m0/s1. The number of nitrogens with two attached hydrogens (primary N) is 1. The number of sulfonamides is 1. The van der Waals surface area contributed by atoms with E-state index in [4.69, 9.17) is 22.1 Å². The molecule has 2 aromatic heterocycles. The Hall–Kier alpha value is -4.21. The van der Waals surface area contributed by atoms with E-state index in [-0.39, 0.29) is 56.1 Å². The second-order valence-corrected chi connectivity index (χ2v) is 11.8. The number of anilines is 1. The third-order valence-corrected chi connectivity index (χ3v) is 7.35. The summed E-state index contributed by atoms with van der Waals surface area (Å²) in [7, 11) is -2.51. The van der Waals surface area contributed by atoms with Gasteiger partial charge in [-0.2, -0.15) is 5.10 Å². The summed E-state index contributed by atoms with van der Waals surface area (Å²) in [6.45, 7) is -0.980. The minimum atomic E-state index is -3.93. The van der Waals surface area contributed by atoms with Crippen LogP contribution in [0.25, 0.3) is 27.5 Å². The van der Waals surface area contributed by atoms with Crippen molar-refractivity contribution in [3.63, 3.8) is 0 Å². The van der Waals surface area contributed by atoms with Crippen LogP contribution in [0, 0.1) is 11.6 Å². The fraction of sp³-hybridized carbons (Fsp3) is 0.222. The van der Waals surface area contributed by atoms with Gasteiger partial charge in [-0.3, -0.25) is 18.8 Å². The lowest BCUT2D eigenvalue weighted by Crippen LogP contribution is -2.30. The van der Waals surface area contributed by atoms with Crippen molar-refractivity contribution in [2.75, 3.05) is 18.1 Å². The number of nitrogens with zero attached hydrogens (tertiary/aromatic N) is 4. The van der Waals surface area contributed by atoms with Crippen LogP contribution in [-0.2, 0) is 23.0 Å². The number of hydrogen-bond donors (Lipinski definition) is 2. The van der Waals surface area contributed by atoms with E-state index < -0.39 is 46.2 Å². The summed E-state index contributed by atoms with van der Waals surface area (Å²) < 4.78 is 88.8. The van der Waals surface area contributed by atoms with E-state index in [9.17, 15) is 30.8 Å². The molecule has 1 atom stereocenters. The van der Waals surface area contributed by atoms with E-state index in [0.717, 1.165) is 27.6 Å². The van der Waals surface area contributed by atoms with Crippen molar-refractivity contribution >= 4 is 49.2 Å². The van der Waals surface area contributed by atoms with Crippen LogP contribution in [0.4, 0.5) is 23.4 Å². The summed E-state index contributed by atoms with van der Waals surface area (Å²) in [5.41, 5.74) is 6.04. The topological polar surface area (TPSA) is 134 Å². The normalized spacial score (nSPS) is 12.8. The first-order valence-corrected chi connectivity index (χ1v) is 14.8. The van der Waals surface area contributed by atoms with Gasteiger partial charge in [0.2, 0.25) is 10.0 Å². The predicted octanol–water partition coefficient (Wildman–Crippen LogP) is 4.55. The van der Waals surface area contributed by atoms with E-state index in [1.54, 1.807) is 0 Å². The Morgan fingerprint density at radius 2 is 1.79 bits per heavy atom. The Kier molecular flexibility index (Phi) is 8.07. The van der Waals surface area contributed by atoms with Crippen LogP contribution < -0.4 is 20.8 Å². The van der Waals surface area contributed by atoms with Crippen LogP contribution >= 0.6 is 11.6 Å². The third-order valence-electron chi connectivity index (χ3n) is 6.47. The number of benzene rings is 3. The summed E-state index contributed by atoms with van der Waals surface area (Å²) in [4.78, 5) is 18.7. The number of nitrogens with one attached hydrogen (secondary N) is 1. The molecule has 3 N–H and O–H groups in total. The average Bonchev–Trinajstić information content (AvgIpc) is 3.24. The molecule has 0 aliphatic rings. The van der Waals surface area contributed by atoms with Gasteiger partial charge in [0, 0.05) is 12.1 Å². The smallest absolute Gasteiger partial charge is 0.266 e. The molecule has 43 heavy (non-hydrogen) atoms. The number of hydrogen-bond acceptors (Lipinski definition) is 7. The molecular formula is C27H23ClF4N6O4S. The van der Waals surface area contributed by atoms with Crippen LogP contribution in [0.3, 0.4) is 0 Å². The molecule has 0 aliphatic heterocycles. The summed E-state index contributed by atoms with van der Waals surface area (Å²) in [5, 5.41) is 4.04. The van der Waals surface area contributed by atoms with Gasteiger partial charge in [-0.05, 0) is 48.4 Å². The molecular weight excluding hydrogens is 616 g/mol. The van der Waals surface area contributed by atoms with Gasteiger partial charge in [0.25, 0.3) is 12.0 Å². The Bertz CT molecular complexity index is 2030. The number of ether oxygens (including phenoxy) is 1. The second-order valence-electron chi connectivity index (χ2n) is 9.67. The zero-order chi connectivity index (χ0) is 31.2. The molecule has 0 saturated heterocycles. The molecule has 0 saturated carbocycles.